The normalized spacial score (nSPS) is 13.4. The Morgan fingerprint density at radius 3 is 2.36 bits per heavy atom. The molecule has 0 amide bonds. The summed E-state index contributed by atoms with van der Waals surface area (Å²) in [5.74, 6) is -0.884. The van der Waals surface area contributed by atoms with Gasteiger partial charge in [-0.15, -0.1) is 0 Å². The first-order valence-electron chi connectivity index (χ1n) is 3.26. The number of hydrogen-bond acceptors (Lipinski definition) is 1. The topological polar surface area (TPSA) is 37.3 Å². The van der Waals surface area contributed by atoms with Crippen LogP contribution in [-0.2, 0) is 4.79 Å². The van der Waals surface area contributed by atoms with Crippen LogP contribution >= 0.6 is 11.6 Å². The molecule has 0 aromatic heterocycles. The summed E-state index contributed by atoms with van der Waals surface area (Å²) in [5, 5.41) is 9.11. The minimum absolute atomic E-state index is 0.346. The molecular formula is C8H11ClO2. The van der Waals surface area contributed by atoms with E-state index in [1.807, 2.05) is 0 Å². The first-order chi connectivity index (χ1) is 5.04. The number of rotatable bonds is 3. The SMILES string of the molecule is C/C(Cl)=C/C/C=C(\C)C(=O)O. The van der Waals surface area contributed by atoms with Crippen LogP contribution in [0.1, 0.15) is 20.3 Å². The molecule has 0 saturated carbocycles. The van der Waals surface area contributed by atoms with E-state index in [4.69, 9.17) is 16.7 Å². The molecule has 0 aromatic carbocycles. The lowest BCUT2D eigenvalue weighted by Gasteiger charge is -1.89. The molecule has 0 spiro atoms. The second-order valence-corrected chi connectivity index (χ2v) is 2.82. The van der Waals surface area contributed by atoms with Crippen LogP contribution in [-0.4, -0.2) is 11.1 Å². The van der Waals surface area contributed by atoms with Crippen molar-refractivity contribution in [1.29, 1.82) is 0 Å². The van der Waals surface area contributed by atoms with Crippen molar-refractivity contribution in [2.24, 2.45) is 0 Å². The van der Waals surface area contributed by atoms with E-state index in [1.54, 1.807) is 26.0 Å². The summed E-state index contributed by atoms with van der Waals surface area (Å²) in [4.78, 5) is 10.3. The number of hydrogen-bond donors (Lipinski definition) is 1. The van der Waals surface area contributed by atoms with Crippen LogP contribution in [0.15, 0.2) is 22.8 Å². The highest BCUT2D eigenvalue weighted by Crippen LogP contribution is 2.02. The van der Waals surface area contributed by atoms with Crippen LogP contribution in [0.3, 0.4) is 0 Å². The van der Waals surface area contributed by atoms with E-state index in [0.29, 0.717) is 17.0 Å². The van der Waals surface area contributed by atoms with Gasteiger partial charge in [0.25, 0.3) is 0 Å². The lowest BCUT2D eigenvalue weighted by atomic mass is 10.2. The minimum atomic E-state index is -0.884. The molecule has 0 aromatic rings. The lowest BCUT2D eigenvalue weighted by molar-refractivity contribution is -0.132. The van der Waals surface area contributed by atoms with Crippen molar-refractivity contribution in [3.63, 3.8) is 0 Å². The van der Waals surface area contributed by atoms with Crippen molar-refractivity contribution in [2.45, 2.75) is 20.3 Å². The maximum Gasteiger partial charge on any atom is 0.330 e. The van der Waals surface area contributed by atoms with Crippen molar-refractivity contribution < 1.29 is 9.90 Å². The Bertz CT molecular complexity index is 200. The van der Waals surface area contributed by atoms with Gasteiger partial charge in [0, 0.05) is 10.6 Å². The van der Waals surface area contributed by atoms with E-state index >= 15 is 0 Å². The van der Waals surface area contributed by atoms with Gasteiger partial charge in [-0.1, -0.05) is 23.8 Å². The third-order valence-corrected chi connectivity index (χ3v) is 1.31. The summed E-state index contributed by atoms with van der Waals surface area (Å²) in [7, 11) is 0. The molecule has 0 heterocycles. The summed E-state index contributed by atoms with van der Waals surface area (Å²) >= 11 is 5.53. The zero-order valence-corrected chi connectivity index (χ0v) is 7.35. The van der Waals surface area contributed by atoms with Gasteiger partial charge >= 0.3 is 5.97 Å². The summed E-state index contributed by atoms with van der Waals surface area (Å²) in [6, 6.07) is 0. The molecule has 0 saturated heterocycles. The Hall–Kier alpha value is -0.760. The maximum absolute atomic E-state index is 10.3. The summed E-state index contributed by atoms with van der Waals surface area (Å²) < 4.78 is 0. The summed E-state index contributed by atoms with van der Waals surface area (Å²) in [5.41, 5.74) is 0.346. The van der Waals surface area contributed by atoms with Gasteiger partial charge in [-0.2, -0.15) is 0 Å². The van der Waals surface area contributed by atoms with Crippen LogP contribution in [0, 0.1) is 0 Å². The third-order valence-electron chi connectivity index (χ3n) is 1.16. The van der Waals surface area contributed by atoms with Gasteiger partial charge in [-0.05, 0) is 20.3 Å². The Morgan fingerprint density at radius 2 is 2.00 bits per heavy atom. The van der Waals surface area contributed by atoms with Crippen LogP contribution in [0.25, 0.3) is 0 Å². The van der Waals surface area contributed by atoms with Crippen LogP contribution in [0.2, 0.25) is 0 Å². The van der Waals surface area contributed by atoms with Gasteiger partial charge in [0.05, 0.1) is 0 Å². The Balaban J connectivity index is 3.94. The van der Waals surface area contributed by atoms with Gasteiger partial charge in [-0.25, -0.2) is 4.79 Å². The van der Waals surface area contributed by atoms with Gasteiger partial charge in [0.1, 0.15) is 0 Å². The molecule has 0 aliphatic heterocycles. The third kappa shape index (κ3) is 5.67. The predicted molar refractivity (Wildman–Crippen MR) is 45.6 cm³/mol. The number of carbonyl (C=O) groups is 1. The molecule has 0 fully saturated rings. The van der Waals surface area contributed by atoms with E-state index in [2.05, 4.69) is 0 Å². The van der Waals surface area contributed by atoms with Gasteiger partial charge in [0.2, 0.25) is 0 Å². The highest BCUT2D eigenvalue weighted by Gasteiger charge is 1.96. The quantitative estimate of drug-likeness (QED) is 0.668. The average molecular weight is 175 g/mol. The second kappa shape index (κ2) is 4.97. The zero-order valence-electron chi connectivity index (χ0n) is 6.60. The number of allylic oxidation sites excluding steroid dienone is 3. The Morgan fingerprint density at radius 1 is 1.45 bits per heavy atom. The fraction of sp³-hybridized carbons (Fsp3) is 0.375. The highest BCUT2D eigenvalue weighted by atomic mass is 35.5. The van der Waals surface area contributed by atoms with Crippen molar-refractivity contribution in [3.05, 3.63) is 22.8 Å². The molecule has 0 radical (unpaired) electrons. The molecule has 1 N–H and O–H groups in total. The first-order valence-corrected chi connectivity index (χ1v) is 3.64. The maximum atomic E-state index is 10.3. The number of carboxylic acids is 1. The van der Waals surface area contributed by atoms with Crippen molar-refractivity contribution in [2.75, 3.05) is 0 Å². The highest BCUT2D eigenvalue weighted by molar-refractivity contribution is 6.29. The molecule has 2 nitrogen and oxygen atoms in total. The molecule has 11 heavy (non-hydrogen) atoms. The van der Waals surface area contributed by atoms with E-state index in [1.165, 1.54) is 0 Å². The average Bonchev–Trinajstić information content (AvgIpc) is 1.86. The standard InChI is InChI=1S/C8H11ClO2/c1-6(8(10)11)4-3-5-7(2)9/h4-5H,3H2,1-2H3,(H,10,11)/b6-4+,7-5-. The fourth-order valence-corrected chi connectivity index (χ4v) is 0.574. The summed E-state index contributed by atoms with van der Waals surface area (Å²) in [6.07, 6.45) is 3.95. The van der Waals surface area contributed by atoms with E-state index in [-0.39, 0.29) is 0 Å². The molecule has 0 unspecified atom stereocenters. The largest absolute Gasteiger partial charge is 0.478 e. The van der Waals surface area contributed by atoms with E-state index < -0.39 is 5.97 Å². The predicted octanol–water partition coefficient (Wildman–Crippen LogP) is 2.55. The van der Waals surface area contributed by atoms with E-state index in [9.17, 15) is 4.79 Å². The molecule has 0 rings (SSSR count). The minimum Gasteiger partial charge on any atom is -0.478 e. The van der Waals surface area contributed by atoms with Crippen LogP contribution in [0.4, 0.5) is 0 Å². The van der Waals surface area contributed by atoms with E-state index in [0.717, 1.165) is 0 Å². The smallest absolute Gasteiger partial charge is 0.330 e. The number of carboxylic acid groups (broad SMARTS) is 1. The second-order valence-electron chi connectivity index (χ2n) is 2.22. The van der Waals surface area contributed by atoms with Gasteiger partial charge < -0.3 is 5.11 Å². The van der Waals surface area contributed by atoms with Crippen molar-refractivity contribution in [1.82, 2.24) is 0 Å². The molecule has 0 bridgehead atoms. The number of aliphatic carboxylic acids is 1. The van der Waals surface area contributed by atoms with Crippen LogP contribution in [0.5, 0.6) is 0 Å². The number of halogens is 1. The Kier molecular flexibility index (Phi) is 4.62. The molecular weight excluding hydrogens is 164 g/mol. The fourth-order valence-electron chi connectivity index (χ4n) is 0.485. The Labute approximate surface area is 71.2 Å². The molecule has 3 heteroatoms. The van der Waals surface area contributed by atoms with Gasteiger partial charge in [-0.3, -0.25) is 0 Å². The molecule has 62 valence electrons. The van der Waals surface area contributed by atoms with Gasteiger partial charge in [0.15, 0.2) is 0 Å². The zero-order chi connectivity index (χ0) is 8.85. The van der Waals surface area contributed by atoms with Crippen LogP contribution < -0.4 is 0 Å². The van der Waals surface area contributed by atoms with Crippen molar-refractivity contribution >= 4 is 17.6 Å². The summed E-state index contributed by atoms with van der Waals surface area (Å²) in [6.45, 7) is 3.31. The monoisotopic (exact) mass is 174 g/mol. The molecule has 0 aliphatic carbocycles. The lowest BCUT2D eigenvalue weighted by Crippen LogP contribution is -1.94. The first kappa shape index (κ1) is 10.2. The molecule has 0 atom stereocenters. The van der Waals surface area contributed by atoms with Crippen molar-refractivity contribution in [3.8, 4) is 0 Å². The molecule has 0 aliphatic rings.